The van der Waals surface area contributed by atoms with Gasteiger partial charge in [0.25, 0.3) is 5.91 Å². The molecule has 0 radical (unpaired) electrons. The average Bonchev–Trinajstić information content (AvgIpc) is 3.02. The Kier molecular flexibility index (Phi) is 3.31. The van der Waals surface area contributed by atoms with Gasteiger partial charge in [0.05, 0.1) is 6.04 Å². The van der Waals surface area contributed by atoms with E-state index in [4.69, 9.17) is 0 Å². The normalized spacial score (nSPS) is 24.4. The number of carbonyl (C=O) groups is 1. The molecule has 1 amide bonds. The molecule has 5 nitrogen and oxygen atoms in total. The molecular weight excluding hydrogens is 240 g/mol. The Morgan fingerprint density at radius 1 is 1.37 bits per heavy atom. The zero-order valence-electron chi connectivity index (χ0n) is 11.7. The van der Waals surface area contributed by atoms with Crippen LogP contribution in [0, 0.1) is 0 Å². The van der Waals surface area contributed by atoms with Gasteiger partial charge < -0.3 is 9.88 Å². The molecule has 1 N–H and O–H groups in total. The summed E-state index contributed by atoms with van der Waals surface area (Å²) in [7, 11) is 2.10. The summed E-state index contributed by atoms with van der Waals surface area (Å²) in [6, 6.07) is 0.633. The molecule has 1 aromatic rings. The van der Waals surface area contributed by atoms with Crippen LogP contribution in [0.2, 0.25) is 0 Å². The monoisotopic (exact) mass is 262 g/mol. The van der Waals surface area contributed by atoms with Crippen LogP contribution in [0.25, 0.3) is 0 Å². The molecule has 3 rings (SSSR count). The van der Waals surface area contributed by atoms with E-state index in [1.807, 2.05) is 6.20 Å². The molecule has 19 heavy (non-hydrogen) atoms. The highest BCUT2D eigenvalue weighted by Crippen LogP contribution is 2.23. The molecule has 0 spiro atoms. The summed E-state index contributed by atoms with van der Waals surface area (Å²) in [6.45, 7) is 4.06. The number of likely N-dealkylation sites (N-methyl/N-ethyl adjacent to an activating group) is 1. The van der Waals surface area contributed by atoms with Gasteiger partial charge in [-0.25, -0.2) is 4.98 Å². The second kappa shape index (κ2) is 4.96. The molecule has 1 aromatic heterocycles. The first-order chi connectivity index (χ1) is 9.15. The molecule has 0 aromatic carbocycles. The van der Waals surface area contributed by atoms with Crippen LogP contribution in [0.5, 0.6) is 0 Å². The number of imidazole rings is 1. The summed E-state index contributed by atoms with van der Waals surface area (Å²) in [5.41, 5.74) is 0.573. The number of hydrogen-bond acceptors (Lipinski definition) is 3. The molecule has 2 heterocycles. The molecule has 1 saturated carbocycles. The molecule has 1 aliphatic carbocycles. The van der Waals surface area contributed by atoms with E-state index in [1.54, 1.807) is 0 Å². The molecule has 1 fully saturated rings. The van der Waals surface area contributed by atoms with Gasteiger partial charge in [0.2, 0.25) is 0 Å². The molecule has 2 aliphatic rings. The summed E-state index contributed by atoms with van der Waals surface area (Å²) >= 11 is 0. The lowest BCUT2D eigenvalue weighted by atomic mass is 10.2. The second-order valence-corrected chi connectivity index (χ2v) is 5.79. The molecular formula is C14H22N4O. The summed E-state index contributed by atoms with van der Waals surface area (Å²) in [4.78, 5) is 19.0. The second-order valence-electron chi connectivity index (χ2n) is 5.79. The topological polar surface area (TPSA) is 50.2 Å². The van der Waals surface area contributed by atoms with Gasteiger partial charge in [-0.1, -0.05) is 12.8 Å². The fourth-order valence-corrected chi connectivity index (χ4v) is 3.04. The zero-order chi connectivity index (χ0) is 13.4. The van der Waals surface area contributed by atoms with Crippen LogP contribution in [0.3, 0.4) is 0 Å². The number of nitrogens with one attached hydrogen (secondary N) is 1. The van der Waals surface area contributed by atoms with Crippen LogP contribution >= 0.6 is 0 Å². The van der Waals surface area contributed by atoms with E-state index in [1.165, 1.54) is 12.8 Å². The van der Waals surface area contributed by atoms with Crippen LogP contribution in [-0.4, -0.2) is 40.0 Å². The van der Waals surface area contributed by atoms with E-state index in [2.05, 4.69) is 33.7 Å². The Balaban J connectivity index is 1.75. The van der Waals surface area contributed by atoms with Crippen molar-refractivity contribution in [2.24, 2.45) is 0 Å². The van der Waals surface area contributed by atoms with E-state index in [-0.39, 0.29) is 11.9 Å². The Morgan fingerprint density at radius 3 is 2.84 bits per heavy atom. The van der Waals surface area contributed by atoms with Crippen molar-refractivity contribution in [2.75, 3.05) is 13.6 Å². The minimum atomic E-state index is -0.0105. The SMILES string of the molecule is CC1c2nc(C(=O)NC3CCCC3)cn2CCN1C. The first kappa shape index (κ1) is 12.7. The molecule has 5 heteroatoms. The number of amides is 1. The third kappa shape index (κ3) is 2.39. The van der Waals surface area contributed by atoms with E-state index >= 15 is 0 Å². The van der Waals surface area contributed by atoms with Crippen molar-refractivity contribution < 1.29 is 4.79 Å². The van der Waals surface area contributed by atoms with Gasteiger partial charge in [-0.2, -0.15) is 0 Å². The number of rotatable bonds is 2. The maximum atomic E-state index is 12.2. The smallest absolute Gasteiger partial charge is 0.271 e. The third-order valence-electron chi connectivity index (χ3n) is 4.46. The van der Waals surface area contributed by atoms with Gasteiger partial charge in [-0.15, -0.1) is 0 Å². The average molecular weight is 262 g/mol. The number of nitrogens with zero attached hydrogens (tertiary/aromatic N) is 3. The number of fused-ring (bicyclic) bond motifs is 1. The van der Waals surface area contributed by atoms with E-state index < -0.39 is 0 Å². The van der Waals surface area contributed by atoms with Crippen LogP contribution in [0.15, 0.2) is 6.20 Å². The third-order valence-corrected chi connectivity index (χ3v) is 4.46. The molecule has 1 atom stereocenters. The first-order valence-electron chi connectivity index (χ1n) is 7.23. The largest absolute Gasteiger partial charge is 0.348 e. The number of carbonyl (C=O) groups excluding carboxylic acids is 1. The minimum absolute atomic E-state index is 0.0105. The predicted molar refractivity (Wildman–Crippen MR) is 73.0 cm³/mol. The standard InChI is InChI=1S/C14H22N4O/c1-10-13-16-12(9-18(13)8-7-17(10)2)14(19)15-11-5-3-4-6-11/h9-11H,3-8H2,1-2H3,(H,15,19). The summed E-state index contributed by atoms with van der Waals surface area (Å²) in [5.74, 6) is 0.994. The van der Waals surface area contributed by atoms with Crippen molar-refractivity contribution in [3.05, 3.63) is 17.7 Å². The van der Waals surface area contributed by atoms with E-state index in [0.717, 1.165) is 31.8 Å². The van der Waals surface area contributed by atoms with Gasteiger partial charge in [0.1, 0.15) is 11.5 Å². The van der Waals surface area contributed by atoms with Crippen LogP contribution in [-0.2, 0) is 6.54 Å². The lowest BCUT2D eigenvalue weighted by Gasteiger charge is -2.29. The van der Waals surface area contributed by atoms with Crippen molar-refractivity contribution in [3.63, 3.8) is 0 Å². The minimum Gasteiger partial charge on any atom is -0.348 e. The lowest BCUT2D eigenvalue weighted by Crippen LogP contribution is -2.33. The number of hydrogen-bond donors (Lipinski definition) is 1. The van der Waals surface area contributed by atoms with E-state index in [0.29, 0.717) is 11.7 Å². The Bertz CT molecular complexity index is 476. The lowest BCUT2D eigenvalue weighted by molar-refractivity contribution is 0.0933. The molecule has 1 unspecified atom stereocenters. The van der Waals surface area contributed by atoms with Gasteiger partial charge in [0, 0.05) is 25.3 Å². The number of aromatic nitrogens is 2. The van der Waals surface area contributed by atoms with Crippen molar-refractivity contribution in [1.82, 2.24) is 19.8 Å². The zero-order valence-corrected chi connectivity index (χ0v) is 11.7. The maximum Gasteiger partial charge on any atom is 0.271 e. The van der Waals surface area contributed by atoms with Crippen molar-refractivity contribution in [3.8, 4) is 0 Å². The summed E-state index contributed by atoms with van der Waals surface area (Å²) in [5, 5.41) is 3.10. The van der Waals surface area contributed by atoms with Crippen molar-refractivity contribution >= 4 is 5.91 Å². The van der Waals surface area contributed by atoms with Crippen LogP contribution < -0.4 is 5.32 Å². The quantitative estimate of drug-likeness (QED) is 0.880. The Labute approximate surface area is 114 Å². The van der Waals surface area contributed by atoms with Gasteiger partial charge in [-0.05, 0) is 26.8 Å². The van der Waals surface area contributed by atoms with Crippen LogP contribution in [0.4, 0.5) is 0 Å². The summed E-state index contributed by atoms with van der Waals surface area (Å²) < 4.78 is 2.12. The predicted octanol–water partition coefficient (Wildman–Crippen LogP) is 1.56. The van der Waals surface area contributed by atoms with Crippen LogP contribution in [0.1, 0.15) is 55.0 Å². The van der Waals surface area contributed by atoms with Crippen molar-refractivity contribution in [1.29, 1.82) is 0 Å². The maximum absolute atomic E-state index is 12.2. The summed E-state index contributed by atoms with van der Waals surface area (Å²) in [6.07, 6.45) is 6.58. The fraction of sp³-hybridized carbons (Fsp3) is 0.714. The molecule has 0 bridgehead atoms. The highest BCUT2D eigenvalue weighted by Gasteiger charge is 2.26. The molecule has 104 valence electrons. The van der Waals surface area contributed by atoms with Gasteiger partial charge >= 0.3 is 0 Å². The Hall–Kier alpha value is -1.36. The van der Waals surface area contributed by atoms with E-state index in [9.17, 15) is 4.79 Å². The van der Waals surface area contributed by atoms with Gasteiger partial charge in [0.15, 0.2) is 0 Å². The Morgan fingerprint density at radius 2 is 2.11 bits per heavy atom. The highest BCUT2D eigenvalue weighted by atomic mass is 16.2. The first-order valence-corrected chi connectivity index (χ1v) is 7.23. The fourth-order valence-electron chi connectivity index (χ4n) is 3.04. The highest BCUT2D eigenvalue weighted by molar-refractivity contribution is 5.92. The molecule has 0 saturated heterocycles. The van der Waals surface area contributed by atoms with Gasteiger partial charge in [-0.3, -0.25) is 9.69 Å². The molecule has 1 aliphatic heterocycles. The van der Waals surface area contributed by atoms with Crippen molar-refractivity contribution in [2.45, 2.75) is 51.2 Å².